The van der Waals surface area contributed by atoms with Crippen molar-refractivity contribution in [3.8, 4) is 0 Å². The third-order valence-corrected chi connectivity index (χ3v) is 3.57. The summed E-state index contributed by atoms with van der Waals surface area (Å²) in [6.45, 7) is 0. The Hall–Kier alpha value is -3.40. The van der Waals surface area contributed by atoms with E-state index in [0.717, 1.165) is 16.7 Å². The second-order valence-corrected chi connectivity index (χ2v) is 6.10. The zero-order valence-corrected chi connectivity index (χ0v) is 18.0. The number of carboxylic acids is 3. The molecule has 0 amide bonds. The maximum absolute atomic E-state index is 10.1. The van der Waals surface area contributed by atoms with Crippen molar-refractivity contribution >= 4 is 35.3 Å². The van der Waals surface area contributed by atoms with Crippen LogP contribution in [-0.4, -0.2) is 35.3 Å². The van der Waals surface area contributed by atoms with Crippen LogP contribution in [-0.2, 0) is 33.6 Å². The number of benzene rings is 3. The van der Waals surface area contributed by atoms with Gasteiger partial charge in [-0.25, -0.2) is 0 Å². The van der Waals surface area contributed by atoms with Gasteiger partial charge in [-0.1, -0.05) is 91.0 Å². The first-order valence-electron chi connectivity index (χ1n) is 9.08. The summed E-state index contributed by atoms with van der Waals surface area (Å²) in [5.74, 6) is -3.11. The summed E-state index contributed by atoms with van der Waals surface area (Å²) >= 11 is 0. The van der Waals surface area contributed by atoms with Gasteiger partial charge in [0.05, 0.1) is 0 Å². The van der Waals surface area contributed by atoms with E-state index in [1.165, 1.54) is 0 Å². The Labute approximate surface area is 191 Å². The van der Waals surface area contributed by atoms with Crippen LogP contribution < -0.4 is 15.3 Å². The zero-order valence-electron chi connectivity index (χ0n) is 16.8. The summed E-state index contributed by atoms with van der Waals surface area (Å²) in [6, 6.07) is 26.9. The molecule has 0 atom stereocenters. The van der Waals surface area contributed by atoms with Gasteiger partial charge in [0.2, 0.25) is 0 Å². The number of rotatable bonds is 6. The van der Waals surface area contributed by atoms with E-state index in [9.17, 15) is 29.7 Å². The average molecular weight is 432 g/mol. The molecule has 0 saturated carbocycles. The van der Waals surface area contributed by atoms with E-state index in [1.54, 1.807) is 72.8 Å². The molecule has 0 spiro atoms. The molecular formula is C24H21AlO6. The molecule has 0 unspecified atom stereocenters. The topological polar surface area (TPSA) is 120 Å². The Morgan fingerprint density at radius 3 is 0.806 bits per heavy atom. The fraction of sp³-hybridized carbons (Fsp3) is 0.125. The molecule has 3 rings (SSSR count). The number of carboxylic acid groups (broad SMARTS) is 3. The summed E-state index contributed by atoms with van der Waals surface area (Å²) in [6.07, 6.45) is 0.00250. The van der Waals surface area contributed by atoms with Gasteiger partial charge < -0.3 is 29.7 Å². The van der Waals surface area contributed by atoms with Gasteiger partial charge in [0.25, 0.3) is 0 Å². The standard InChI is InChI=1S/3C8H8O2.Al/c3*9-8(10)6-7-4-2-1-3-5-7;/h3*1-5H,6H2,(H,9,10);/q;;;+3/p-3. The van der Waals surface area contributed by atoms with Gasteiger partial charge in [-0.15, -0.1) is 0 Å². The molecule has 3 aromatic rings. The molecule has 0 aliphatic rings. The summed E-state index contributed by atoms with van der Waals surface area (Å²) < 4.78 is 0. The van der Waals surface area contributed by atoms with Crippen LogP contribution in [0.3, 0.4) is 0 Å². The van der Waals surface area contributed by atoms with Crippen molar-refractivity contribution in [3.63, 3.8) is 0 Å². The van der Waals surface area contributed by atoms with Gasteiger partial charge in [-0.2, -0.15) is 0 Å². The number of aliphatic carboxylic acids is 3. The number of hydrogen-bond acceptors (Lipinski definition) is 6. The predicted molar refractivity (Wildman–Crippen MR) is 111 cm³/mol. The van der Waals surface area contributed by atoms with Crippen LogP contribution in [0.1, 0.15) is 16.7 Å². The van der Waals surface area contributed by atoms with E-state index in [-0.39, 0.29) is 36.6 Å². The van der Waals surface area contributed by atoms with Crippen LogP contribution in [0, 0.1) is 0 Å². The van der Waals surface area contributed by atoms with Crippen LogP contribution in [0.25, 0.3) is 0 Å². The van der Waals surface area contributed by atoms with Crippen molar-refractivity contribution in [2.45, 2.75) is 19.3 Å². The first-order valence-corrected chi connectivity index (χ1v) is 9.08. The first kappa shape index (κ1) is 27.6. The molecule has 7 heteroatoms. The monoisotopic (exact) mass is 432 g/mol. The van der Waals surface area contributed by atoms with Crippen LogP contribution in [0.5, 0.6) is 0 Å². The average Bonchev–Trinajstić information content (AvgIpc) is 2.70. The molecule has 6 nitrogen and oxygen atoms in total. The van der Waals surface area contributed by atoms with Crippen LogP contribution in [0.4, 0.5) is 0 Å². The van der Waals surface area contributed by atoms with Gasteiger partial charge in [0.15, 0.2) is 0 Å². The Kier molecular flexibility index (Phi) is 14.6. The Bertz CT molecular complexity index is 777. The van der Waals surface area contributed by atoms with E-state index in [0.29, 0.717) is 0 Å². The largest absolute Gasteiger partial charge is 3.00 e. The third-order valence-electron chi connectivity index (χ3n) is 3.57. The zero-order chi connectivity index (χ0) is 22.2. The first-order chi connectivity index (χ1) is 14.4. The normalized spacial score (nSPS) is 8.90. The SMILES string of the molecule is O=C([O-])Cc1ccccc1.O=C([O-])Cc1ccccc1.O=C([O-])Cc1ccccc1.[Al+3]. The van der Waals surface area contributed by atoms with Crippen LogP contribution >= 0.6 is 0 Å². The van der Waals surface area contributed by atoms with Crippen LogP contribution in [0.2, 0.25) is 0 Å². The summed E-state index contributed by atoms with van der Waals surface area (Å²) in [4.78, 5) is 30.2. The van der Waals surface area contributed by atoms with E-state index in [2.05, 4.69) is 0 Å². The molecule has 156 valence electrons. The molecule has 0 fully saturated rings. The van der Waals surface area contributed by atoms with Crippen LogP contribution in [0.15, 0.2) is 91.0 Å². The van der Waals surface area contributed by atoms with E-state index in [4.69, 9.17) is 0 Å². The van der Waals surface area contributed by atoms with Gasteiger partial charge in [0, 0.05) is 37.2 Å². The predicted octanol–water partition coefficient (Wildman–Crippen LogP) is -0.444. The quantitative estimate of drug-likeness (QED) is 0.487. The second kappa shape index (κ2) is 16.4. The van der Waals surface area contributed by atoms with Gasteiger partial charge in [-0.3, -0.25) is 0 Å². The molecule has 0 bridgehead atoms. The number of carbonyl (C=O) groups excluding carboxylic acids is 3. The number of carbonyl (C=O) groups is 3. The van der Waals surface area contributed by atoms with Gasteiger partial charge >= 0.3 is 17.4 Å². The van der Waals surface area contributed by atoms with Crippen molar-refractivity contribution in [2.75, 3.05) is 0 Å². The molecule has 0 aliphatic carbocycles. The van der Waals surface area contributed by atoms with Crippen molar-refractivity contribution < 1.29 is 29.7 Å². The fourth-order valence-corrected chi connectivity index (χ4v) is 2.29. The molecule has 0 aliphatic heterocycles. The Morgan fingerprint density at radius 2 is 0.645 bits per heavy atom. The minimum absolute atomic E-state index is 0. The molecule has 0 N–H and O–H groups in total. The van der Waals surface area contributed by atoms with E-state index >= 15 is 0 Å². The van der Waals surface area contributed by atoms with Crippen molar-refractivity contribution in [2.24, 2.45) is 0 Å². The second-order valence-electron chi connectivity index (χ2n) is 6.10. The van der Waals surface area contributed by atoms with Gasteiger partial charge in [-0.05, 0) is 16.7 Å². The smallest absolute Gasteiger partial charge is 0.550 e. The molecule has 0 heterocycles. The maximum atomic E-state index is 10.1. The Morgan fingerprint density at radius 1 is 0.452 bits per heavy atom. The minimum atomic E-state index is -1.04. The van der Waals surface area contributed by atoms with E-state index < -0.39 is 17.9 Å². The number of hydrogen-bond donors (Lipinski definition) is 0. The molecule has 31 heavy (non-hydrogen) atoms. The molecule has 0 saturated heterocycles. The maximum Gasteiger partial charge on any atom is 3.00 e. The van der Waals surface area contributed by atoms with E-state index in [1.807, 2.05) is 18.2 Å². The van der Waals surface area contributed by atoms with Crippen molar-refractivity contribution in [3.05, 3.63) is 108 Å². The molecular weight excluding hydrogens is 411 g/mol. The summed E-state index contributed by atoms with van der Waals surface area (Å²) in [5, 5.41) is 30.2. The minimum Gasteiger partial charge on any atom is -0.550 e. The van der Waals surface area contributed by atoms with Gasteiger partial charge in [0.1, 0.15) is 0 Å². The Balaban J connectivity index is 0.000000429. The fourth-order valence-electron chi connectivity index (χ4n) is 2.29. The summed E-state index contributed by atoms with van der Waals surface area (Å²) in [7, 11) is 0. The third kappa shape index (κ3) is 15.1. The summed E-state index contributed by atoms with van der Waals surface area (Å²) in [5.41, 5.74) is 2.34. The van der Waals surface area contributed by atoms with Crippen molar-refractivity contribution in [1.82, 2.24) is 0 Å². The molecule has 3 aromatic carbocycles. The molecule has 0 aromatic heterocycles. The van der Waals surface area contributed by atoms with Crippen molar-refractivity contribution in [1.29, 1.82) is 0 Å². The molecule has 0 radical (unpaired) electrons.